The molecule has 4 N–H and O–H groups in total. The lowest BCUT2D eigenvalue weighted by atomic mass is 10.1. The first-order chi connectivity index (χ1) is 13.9. The molecule has 1 unspecified atom stereocenters. The van der Waals surface area contributed by atoms with E-state index in [1.54, 1.807) is 0 Å². The van der Waals surface area contributed by atoms with Gasteiger partial charge in [-0.25, -0.2) is 14.5 Å². The summed E-state index contributed by atoms with van der Waals surface area (Å²) in [6.07, 6.45) is 2.46. The first-order valence-electron chi connectivity index (χ1n) is 9.68. The monoisotopic (exact) mass is 422 g/mol. The van der Waals surface area contributed by atoms with Gasteiger partial charge in [-0.1, -0.05) is 38.0 Å². The minimum atomic E-state index is -4.61. The van der Waals surface area contributed by atoms with Gasteiger partial charge in [0.2, 0.25) is 0 Å². The number of nitrogens with two attached hydrogens (primary N) is 1. The van der Waals surface area contributed by atoms with Crippen molar-refractivity contribution in [2.45, 2.75) is 45.8 Å². The highest BCUT2D eigenvalue weighted by molar-refractivity contribution is 7.46. The first kappa shape index (κ1) is 21.7. The summed E-state index contributed by atoms with van der Waals surface area (Å²) in [6, 6.07) is 7.26. The molecule has 0 spiro atoms. The number of hydrogen-bond acceptors (Lipinski definition) is 6. The molecule has 158 valence electrons. The summed E-state index contributed by atoms with van der Waals surface area (Å²) in [4.78, 5) is 27.6. The van der Waals surface area contributed by atoms with Gasteiger partial charge < -0.3 is 24.8 Å². The number of fused-ring (bicyclic) bond motifs is 3. The van der Waals surface area contributed by atoms with Crippen LogP contribution in [0.25, 0.3) is 21.9 Å². The molecule has 0 aliphatic carbocycles. The van der Waals surface area contributed by atoms with E-state index in [1.807, 2.05) is 35.8 Å². The number of phosphoric acid groups is 1. The number of aromatic nitrogens is 3. The van der Waals surface area contributed by atoms with Gasteiger partial charge in [-0.05, 0) is 19.4 Å². The Hall–Kier alpha value is -2.03. The topological polar surface area (TPSA) is 133 Å². The molecule has 1 atom stereocenters. The van der Waals surface area contributed by atoms with Crippen molar-refractivity contribution in [3.63, 3.8) is 0 Å². The molecule has 0 aliphatic heterocycles. The summed E-state index contributed by atoms with van der Waals surface area (Å²) in [6.45, 7) is 4.56. The van der Waals surface area contributed by atoms with Crippen LogP contribution < -0.4 is 5.73 Å². The molecule has 0 fully saturated rings. The van der Waals surface area contributed by atoms with Crippen LogP contribution in [0.5, 0.6) is 0 Å². The quantitative estimate of drug-likeness (QED) is 0.423. The van der Waals surface area contributed by atoms with Crippen LogP contribution in [-0.2, 0) is 20.4 Å². The number of para-hydroxylation sites is 1. The normalized spacial score (nSPS) is 13.4. The van der Waals surface area contributed by atoms with Crippen molar-refractivity contribution >= 4 is 35.6 Å². The largest absolute Gasteiger partial charge is 0.469 e. The van der Waals surface area contributed by atoms with Crippen LogP contribution in [0.1, 0.15) is 45.0 Å². The number of unbranched alkanes of at least 4 members (excludes halogenated alkanes) is 1. The lowest BCUT2D eigenvalue weighted by molar-refractivity contribution is 0.119. The van der Waals surface area contributed by atoms with Crippen molar-refractivity contribution in [1.29, 1.82) is 0 Å². The van der Waals surface area contributed by atoms with Crippen molar-refractivity contribution in [3.05, 3.63) is 30.1 Å². The smallest absolute Gasteiger partial charge is 0.382 e. The highest BCUT2D eigenvalue weighted by atomic mass is 31.2. The van der Waals surface area contributed by atoms with Crippen molar-refractivity contribution in [3.8, 4) is 0 Å². The molecular formula is C19H27N4O5P. The number of pyridine rings is 1. The first-order valence-corrected chi connectivity index (χ1v) is 11.2. The van der Waals surface area contributed by atoms with Gasteiger partial charge in [0.15, 0.2) is 5.82 Å². The Morgan fingerprint density at radius 2 is 2.00 bits per heavy atom. The SMILES string of the molecule is CCCCC(COP(=O)(O)O)n1c(COCC)nc2c(N)nc3ccccc3c21. The second-order valence-corrected chi connectivity index (χ2v) is 8.07. The van der Waals surface area contributed by atoms with E-state index in [0.29, 0.717) is 30.2 Å². The lowest BCUT2D eigenvalue weighted by Crippen LogP contribution is -2.18. The molecule has 0 aliphatic rings. The number of hydrogen-bond donors (Lipinski definition) is 3. The Bertz CT molecular complexity index is 1030. The molecule has 3 aromatic rings. The number of nitrogens with zero attached hydrogens (tertiary/aromatic N) is 3. The second kappa shape index (κ2) is 9.19. The summed E-state index contributed by atoms with van der Waals surface area (Å²) in [5, 5.41) is 0.865. The molecule has 2 heterocycles. The maximum absolute atomic E-state index is 11.4. The number of ether oxygens (including phenoxy) is 1. The zero-order valence-electron chi connectivity index (χ0n) is 16.6. The fraction of sp³-hybridized carbons (Fsp3) is 0.474. The van der Waals surface area contributed by atoms with E-state index in [9.17, 15) is 14.4 Å². The number of phosphoric ester groups is 1. The van der Waals surface area contributed by atoms with Crippen molar-refractivity contribution < 1.29 is 23.6 Å². The Morgan fingerprint density at radius 1 is 1.24 bits per heavy atom. The van der Waals surface area contributed by atoms with Crippen molar-refractivity contribution in [1.82, 2.24) is 14.5 Å². The van der Waals surface area contributed by atoms with Crippen LogP contribution in [0.3, 0.4) is 0 Å². The minimum Gasteiger partial charge on any atom is -0.382 e. The van der Waals surface area contributed by atoms with Gasteiger partial charge in [-0.2, -0.15) is 0 Å². The third-order valence-corrected chi connectivity index (χ3v) is 5.24. The van der Waals surface area contributed by atoms with Gasteiger partial charge in [0.05, 0.1) is 23.7 Å². The summed E-state index contributed by atoms with van der Waals surface area (Å²) in [5.74, 6) is 0.933. The van der Waals surface area contributed by atoms with E-state index in [2.05, 4.69) is 16.9 Å². The van der Waals surface area contributed by atoms with E-state index in [1.165, 1.54) is 0 Å². The highest BCUT2D eigenvalue weighted by Gasteiger charge is 2.25. The fourth-order valence-electron chi connectivity index (χ4n) is 3.47. The van der Waals surface area contributed by atoms with Crippen LogP contribution in [0.2, 0.25) is 0 Å². The lowest BCUT2D eigenvalue weighted by Gasteiger charge is -2.22. The number of nitrogen functional groups attached to an aromatic ring is 1. The standard InChI is InChI=1S/C19H27N4O5P/c1-3-5-8-13(11-28-29(24,25)26)23-16(12-27-4-2)22-17-18(23)14-9-6-7-10-15(14)21-19(17)20/h6-7,9-10,13H,3-5,8,11-12H2,1-2H3,(H2,20,21)(H2,24,25,26). The van der Waals surface area contributed by atoms with E-state index in [-0.39, 0.29) is 19.3 Å². The molecule has 0 radical (unpaired) electrons. The molecular weight excluding hydrogens is 395 g/mol. The molecule has 9 nitrogen and oxygen atoms in total. The Kier molecular flexibility index (Phi) is 6.87. The number of rotatable bonds is 10. The number of imidazole rings is 1. The summed E-state index contributed by atoms with van der Waals surface area (Å²) in [7, 11) is -4.61. The Labute approximate surface area is 169 Å². The third kappa shape index (κ3) is 4.94. The molecule has 1 aromatic carbocycles. The van der Waals surface area contributed by atoms with E-state index in [0.717, 1.165) is 29.3 Å². The van der Waals surface area contributed by atoms with Crippen molar-refractivity contribution in [2.75, 3.05) is 18.9 Å². The molecule has 0 saturated carbocycles. The van der Waals surface area contributed by atoms with Gasteiger partial charge in [-0.3, -0.25) is 4.52 Å². The van der Waals surface area contributed by atoms with Gasteiger partial charge >= 0.3 is 7.82 Å². The molecule has 0 bridgehead atoms. The molecule has 29 heavy (non-hydrogen) atoms. The van der Waals surface area contributed by atoms with Crippen LogP contribution in [-0.4, -0.2) is 37.5 Å². The van der Waals surface area contributed by atoms with Crippen LogP contribution in [0.4, 0.5) is 5.82 Å². The molecule has 3 rings (SSSR count). The van der Waals surface area contributed by atoms with E-state index < -0.39 is 7.82 Å². The zero-order valence-corrected chi connectivity index (χ0v) is 17.5. The minimum absolute atomic E-state index is 0.147. The molecule has 10 heteroatoms. The van der Waals surface area contributed by atoms with Gasteiger partial charge in [-0.15, -0.1) is 0 Å². The summed E-state index contributed by atoms with van der Waals surface area (Å²) in [5.41, 5.74) is 8.25. The summed E-state index contributed by atoms with van der Waals surface area (Å²) >= 11 is 0. The second-order valence-electron chi connectivity index (χ2n) is 6.83. The van der Waals surface area contributed by atoms with Gasteiger partial charge in [0.1, 0.15) is 17.9 Å². The average Bonchev–Trinajstić information content (AvgIpc) is 3.06. The predicted octanol–water partition coefficient (Wildman–Crippen LogP) is 3.54. The van der Waals surface area contributed by atoms with Gasteiger partial charge in [0, 0.05) is 12.0 Å². The molecule has 2 aromatic heterocycles. The maximum Gasteiger partial charge on any atom is 0.469 e. The zero-order chi connectivity index (χ0) is 21.0. The highest BCUT2D eigenvalue weighted by Crippen LogP contribution is 2.39. The molecule has 0 saturated heterocycles. The average molecular weight is 422 g/mol. The third-order valence-electron chi connectivity index (χ3n) is 4.75. The molecule has 0 amide bonds. The Morgan fingerprint density at radius 3 is 2.69 bits per heavy atom. The number of benzene rings is 1. The maximum atomic E-state index is 11.4. The van der Waals surface area contributed by atoms with E-state index in [4.69, 9.17) is 15.0 Å². The van der Waals surface area contributed by atoms with E-state index >= 15 is 0 Å². The number of anilines is 1. The van der Waals surface area contributed by atoms with Crippen LogP contribution >= 0.6 is 7.82 Å². The fourth-order valence-corrected chi connectivity index (χ4v) is 3.83. The van der Waals surface area contributed by atoms with Crippen molar-refractivity contribution in [2.24, 2.45) is 0 Å². The van der Waals surface area contributed by atoms with Gasteiger partial charge in [0.25, 0.3) is 0 Å². The van der Waals surface area contributed by atoms with Crippen LogP contribution in [0, 0.1) is 0 Å². The predicted molar refractivity (Wildman–Crippen MR) is 111 cm³/mol. The Balaban J connectivity index is 2.23. The summed E-state index contributed by atoms with van der Waals surface area (Å²) < 4.78 is 23.8. The van der Waals surface area contributed by atoms with Crippen LogP contribution in [0.15, 0.2) is 24.3 Å².